The second kappa shape index (κ2) is 3.88. The number of ether oxygens (including phenoxy) is 1. The van der Waals surface area contributed by atoms with Crippen molar-refractivity contribution in [3.63, 3.8) is 0 Å². The van der Waals surface area contributed by atoms with E-state index in [-0.39, 0.29) is 18.3 Å². The molecule has 15 heavy (non-hydrogen) atoms. The average molecular weight is 207 g/mol. The molecule has 4 nitrogen and oxygen atoms in total. The number of pyridine rings is 1. The molecule has 1 aromatic rings. The fraction of sp³-hybridized carbons (Fsp3) is 0.455. The third-order valence-corrected chi connectivity index (χ3v) is 2.73. The molecule has 0 aliphatic carbocycles. The monoisotopic (exact) mass is 207 g/mol. The third kappa shape index (κ3) is 1.93. The first kappa shape index (κ1) is 9.96. The highest BCUT2D eigenvalue weighted by atomic mass is 16.5. The van der Waals surface area contributed by atoms with Crippen molar-refractivity contribution >= 4 is 5.97 Å². The van der Waals surface area contributed by atoms with Crippen LogP contribution >= 0.6 is 0 Å². The van der Waals surface area contributed by atoms with E-state index >= 15 is 0 Å². The fourth-order valence-corrected chi connectivity index (χ4v) is 1.90. The molecular formula is C11H13NO3. The Morgan fingerprint density at radius 3 is 3.27 bits per heavy atom. The van der Waals surface area contributed by atoms with Crippen LogP contribution in [-0.4, -0.2) is 22.7 Å². The van der Waals surface area contributed by atoms with Crippen molar-refractivity contribution in [2.45, 2.75) is 19.3 Å². The smallest absolute Gasteiger partial charge is 0.304 e. The van der Waals surface area contributed by atoms with Crippen LogP contribution in [0.4, 0.5) is 0 Å². The molecule has 1 aromatic heterocycles. The SMILES string of the molecule is C[C@@H]1COc2cccnc2[C@@H]1CC(=O)O. The Hall–Kier alpha value is -1.58. The van der Waals surface area contributed by atoms with Gasteiger partial charge in [-0.15, -0.1) is 0 Å². The van der Waals surface area contributed by atoms with E-state index < -0.39 is 5.97 Å². The lowest BCUT2D eigenvalue weighted by Crippen LogP contribution is -2.26. The number of hydrogen-bond donors (Lipinski definition) is 1. The minimum atomic E-state index is -0.787. The summed E-state index contributed by atoms with van der Waals surface area (Å²) in [6.07, 6.45) is 1.80. The molecule has 0 aromatic carbocycles. The number of carboxylic acid groups (broad SMARTS) is 1. The summed E-state index contributed by atoms with van der Waals surface area (Å²) in [5.74, 6) is 0.100. The number of nitrogens with zero attached hydrogens (tertiary/aromatic N) is 1. The highest BCUT2D eigenvalue weighted by molar-refractivity contribution is 5.68. The minimum Gasteiger partial charge on any atom is -0.491 e. The molecule has 0 saturated heterocycles. The van der Waals surface area contributed by atoms with Gasteiger partial charge in [-0.3, -0.25) is 9.78 Å². The Morgan fingerprint density at radius 1 is 1.73 bits per heavy atom. The van der Waals surface area contributed by atoms with Crippen molar-refractivity contribution in [2.75, 3.05) is 6.61 Å². The summed E-state index contributed by atoms with van der Waals surface area (Å²) in [5, 5.41) is 8.84. The Balaban J connectivity index is 2.32. The molecular weight excluding hydrogens is 194 g/mol. The molecule has 2 heterocycles. The van der Waals surface area contributed by atoms with E-state index in [9.17, 15) is 4.79 Å². The maximum atomic E-state index is 10.8. The van der Waals surface area contributed by atoms with E-state index in [2.05, 4.69) is 4.98 Å². The lowest BCUT2D eigenvalue weighted by atomic mass is 9.86. The van der Waals surface area contributed by atoms with Crippen molar-refractivity contribution in [3.8, 4) is 5.75 Å². The van der Waals surface area contributed by atoms with Crippen molar-refractivity contribution in [3.05, 3.63) is 24.0 Å². The Labute approximate surface area is 87.9 Å². The van der Waals surface area contributed by atoms with Gasteiger partial charge in [0, 0.05) is 12.1 Å². The molecule has 80 valence electrons. The Morgan fingerprint density at radius 2 is 2.53 bits per heavy atom. The molecule has 4 heteroatoms. The number of fused-ring (bicyclic) bond motifs is 1. The second-order valence-electron chi connectivity index (χ2n) is 3.88. The van der Waals surface area contributed by atoms with Crippen molar-refractivity contribution < 1.29 is 14.6 Å². The van der Waals surface area contributed by atoms with Crippen LogP contribution in [0.25, 0.3) is 0 Å². The van der Waals surface area contributed by atoms with Crippen LogP contribution in [0.5, 0.6) is 5.75 Å². The summed E-state index contributed by atoms with van der Waals surface area (Å²) < 4.78 is 5.49. The number of aliphatic carboxylic acids is 1. The molecule has 1 N–H and O–H groups in total. The zero-order chi connectivity index (χ0) is 10.8. The highest BCUT2D eigenvalue weighted by Crippen LogP contribution is 2.37. The third-order valence-electron chi connectivity index (χ3n) is 2.73. The number of aromatic nitrogens is 1. The molecule has 2 rings (SSSR count). The Kier molecular flexibility index (Phi) is 2.58. The van der Waals surface area contributed by atoms with Crippen LogP contribution in [0, 0.1) is 5.92 Å². The molecule has 1 aliphatic heterocycles. The van der Waals surface area contributed by atoms with Crippen LogP contribution in [0.3, 0.4) is 0 Å². The summed E-state index contributed by atoms with van der Waals surface area (Å²) in [6.45, 7) is 2.56. The number of carboxylic acids is 1. The minimum absolute atomic E-state index is 0.0348. The zero-order valence-electron chi connectivity index (χ0n) is 8.51. The molecule has 0 radical (unpaired) electrons. The van der Waals surface area contributed by atoms with Gasteiger partial charge < -0.3 is 9.84 Å². The van der Waals surface area contributed by atoms with Gasteiger partial charge in [-0.25, -0.2) is 0 Å². The zero-order valence-corrected chi connectivity index (χ0v) is 8.51. The largest absolute Gasteiger partial charge is 0.491 e. The van der Waals surface area contributed by atoms with Gasteiger partial charge in [0.25, 0.3) is 0 Å². The lowest BCUT2D eigenvalue weighted by Gasteiger charge is -2.29. The summed E-state index contributed by atoms with van der Waals surface area (Å²) in [6, 6.07) is 3.63. The van der Waals surface area contributed by atoms with Crippen molar-refractivity contribution in [2.24, 2.45) is 5.92 Å². The van der Waals surface area contributed by atoms with E-state index in [0.717, 1.165) is 11.4 Å². The predicted molar refractivity (Wildman–Crippen MR) is 53.9 cm³/mol. The van der Waals surface area contributed by atoms with E-state index in [1.165, 1.54) is 0 Å². The van der Waals surface area contributed by atoms with Crippen LogP contribution in [0.2, 0.25) is 0 Å². The van der Waals surface area contributed by atoms with E-state index in [1.807, 2.05) is 13.0 Å². The topological polar surface area (TPSA) is 59.4 Å². The Bertz CT molecular complexity index is 378. The summed E-state index contributed by atoms with van der Waals surface area (Å²) in [4.78, 5) is 15.0. The van der Waals surface area contributed by atoms with Gasteiger partial charge in [0.2, 0.25) is 0 Å². The molecule has 0 unspecified atom stereocenters. The first-order valence-electron chi connectivity index (χ1n) is 4.98. The number of carbonyl (C=O) groups is 1. The number of hydrogen-bond acceptors (Lipinski definition) is 3. The summed E-state index contributed by atoms with van der Waals surface area (Å²) in [5.41, 5.74) is 0.777. The van der Waals surface area contributed by atoms with Gasteiger partial charge in [0.1, 0.15) is 5.75 Å². The second-order valence-corrected chi connectivity index (χ2v) is 3.88. The van der Waals surface area contributed by atoms with E-state index in [4.69, 9.17) is 9.84 Å². The van der Waals surface area contributed by atoms with Crippen LogP contribution in [-0.2, 0) is 4.79 Å². The van der Waals surface area contributed by atoms with E-state index in [1.54, 1.807) is 12.3 Å². The highest BCUT2D eigenvalue weighted by Gasteiger charge is 2.30. The first-order valence-corrected chi connectivity index (χ1v) is 4.98. The first-order chi connectivity index (χ1) is 7.18. The normalized spacial score (nSPS) is 24.1. The van der Waals surface area contributed by atoms with Gasteiger partial charge in [0.05, 0.1) is 18.7 Å². The maximum absolute atomic E-state index is 10.8. The van der Waals surface area contributed by atoms with Gasteiger partial charge in [-0.05, 0) is 18.1 Å². The molecule has 1 aliphatic rings. The summed E-state index contributed by atoms with van der Waals surface area (Å²) in [7, 11) is 0. The standard InChI is InChI=1S/C11H13NO3/c1-7-6-15-9-3-2-4-12-11(9)8(7)5-10(13)14/h2-4,7-8H,5-6H2,1H3,(H,13,14)/t7-,8-/m1/s1. The van der Waals surface area contributed by atoms with Crippen molar-refractivity contribution in [1.29, 1.82) is 0 Å². The number of rotatable bonds is 2. The lowest BCUT2D eigenvalue weighted by molar-refractivity contribution is -0.137. The molecule has 0 bridgehead atoms. The maximum Gasteiger partial charge on any atom is 0.304 e. The molecule has 0 saturated carbocycles. The van der Waals surface area contributed by atoms with Gasteiger partial charge in [-0.1, -0.05) is 6.92 Å². The molecule has 2 atom stereocenters. The van der Waals surface area contributed by atoms with Crippen LogP contribution in [0.15, 0.2) is 18.3 Å². The molecule has 0 spiro atoms. The van der Waals surface area contributed by atoms with Crippen molar-refractivity contribution in [1.82, 2.24) is 4.98 Å². The van der Waals surface area contributed by atoms with E-state index in [0.29, 0.717) is 6.61 Å². The van der Waals surface area contributed by atoms with Gasteiger partial charge in [0.15, 0.2) is 0 Å². The quantitative estimate of drug-likeness (QED) is 0.801. The van der Waals surface area contributed by atoms with Gasteiger partial charge >= 0.3 is 5.97 Å². The van der Waals surface area contributed by atoms with Gasteiger partial charge in [-0.2, -0.15) is 0 Å². The fourth-order valence-electron chi connectivity index (χ4n) is 1.90. The molecule has 0 amide bonds. The predicted octanol–water partition coefficient (Wildman–Crippen LogP) is 1.67. The van der Waals surface area contributed by atoms with Crippen LogP contribution < -0.4 is 4.74 Å². The molecule has 0 fully saturated rings. The summed E-state index contributed by atoms with van der Waals surface area (Å²) >= 11 is 0. The average Bonchev–Trinajstić information content (AvgIpc) is 2.22. The van der Waals surface area contributed by atoms with Crippen LogP contribution in [0.1, 0.15) is 25.0 Å².